The first kappa shape index (κ1) is 16.2. The molecular weight excluding hydrogens is 306 g/mol. The van der Waals surface area contributed by atoms with Gasteiger partial charge in [0, 0.05) is 30.0 Å². The maximum absolute atomic E-state index is 12.3. The van der Waals surface area contributed by atoms with E-state index in [1.807, 2.05) is 25.1 Å². The highest BCUT2D eigenvalue weighted by atomic mass is 16.2. The zero-order chi connectivity index (χ0) is 17.1. The fraction of sp³-hybridized carbons (Fsp3) is 0.353. The number of aryl methyl sites for hydroxylation is 1. The van der Waals surface area contributed by atoms with Gasteiger partial charge in [0.05, 0.1) is 12.6 Å². The molecule has 1 aromatic heterocycles. The number of aromatic nitrogens is 2. The quantitative estimate of drug-likeness (QED) is 0.770. The van der Waals surface area contributed by atoms with Gasteiger partial charge in [-0.2, -0.15) is 0 Å². The van der Waals surface area contributed by atoms with Crippen LogP contribution < -0.4 is 11.1 Å². The first-order valence-corrected chi connectivity index (χ1v) is 7.95. The molecule has 2 amide bonds. The van der Waals surface area contributed by atoms with Crippen molar-refractivity contribution in [3.63, 3.8) is 0 Å². The SMILES string of the molecule is Cc1cnc(C2CC(NC(=O)c3ccccc3)CN2C(=O)CN)[nH]1. The van der Waals surface area contributed by atoms with Gasteiger partial charge in [0.2, 0.25) is 5.91 Å². The molecular formula is C17H21N5O2. The molecule has 1 aliphatic heterocycles. The normalized spacial score (nSPS) is 20.2. The Bertz CT molecular complexity index is 728. The van der Waals surface area contributed by atoms with Gasteiger partial charge in [0.15, 0.2) is 0 Å². The number of nitrogens with two attached hydrogens (primary N) is 1. The molecule has 7 heteroatoms. The zero-order valence-corrected chi connectivity index (χ0v) is 13.5. The molecule has 2 atom stereocenters. The molecule has 0 bridgehead atoms. The molecule has 1 fully saturated rings. The van der Waals surface area contributed by atoms with Gasteiger partial charge in [-0.15, -0.1) is 0 Å². The Kier molecular flexibility index (Phi) is 4.61. The summed E-state index contributed by atoms with van der Waals surface area (Å²) in [4.78, 5) is 33.7. The number of carbonyl (C=O) groups is 2. The van der Waals surface area contributed by atoms with Crippen molar-refractivity contribution in [2.45, 2.75) is 25.4 Å². The highest BCUT2D eigenvalue weighted by molar-refractivity contribution is 5.94. The van der Waals surface area contributed by atoms with Crippen molar-refractivity contribution in [3.05, 3.63) is 53.6 Å². The molecule has 0 aliphatic carbocycles. The van der Waals surface area contributed by atoms with Gasteiger partial charge in [-0.3, -0.25) is 9.59 Å². The van der Waals surface area contributed by atoms with Crippen LogP contribution >= 0.6 is 0 Å². The molecule has 0 saturated carbocycles. The van der Waals surface area contributed by atoms with Crippen molar-refractivity contribution in [3.8, 4) is 0 Å². The van der Waals surface area contributed by atoms with Crippen LogP contribution in [0.25, 0.3) is 0 Å². The Morgan fingerprint density at radius 2 is 2.12 bits per heavy atom. The Balaban J connectivity index is 1.74. The molecule has 1 aromatic carbocycles. The Morgan fingerprint density at radius 1 is 1.38 bits per heavy atom. The van der Waals surface area contributed by atoms with E-state index in [0.29, 0.717) is 18.5 Å². The molecule has 1 saturated heterocycles. The van der Waals surface area contributed by atoms with Crippen molar-refractivity contribution in [2.24, 2.45) is 5.73 Å². The third-order valence-corrected chi connectivity index (χ3v) is 4.21. The number of nitrogens with one attached hydrogen (secondary N) is 2. The summed E-state index contributed by atoms with van der Waals surface area (Å²) in [6.45, 7) is 2.28. The van der Waals surface area contributed by atoms with E-state index in [1.165, 1.54) is 0 Å². The number of H-pyrrole nitrogens is 1. The molecule has 24 heavy (non-hydrogen) atoms. The molecule has 1 aliphatic rings. The first-order chi connectivity index (χ1) is 11.6. The van der Waals surface area contributed by atoms with Gasteiger partial charge < -0.3 is 20.9 Å². The highest BCUT2D eigenvalue weighted by Crippen LogP contribution is 2.30. The maximum Gasteiger partial charge on any atom is 0.251 e. The molecule has 4 N–H and O–H groups in total. The Morgan fingerprint density at radius 3 is 2.75 bits per heavy atom. The molecule has 2 aromatic rings. The summed E-state index contributed by atoms with van der Waals surface area (Å²) in [6.07, 6.45) is 2.34. The van der Waals surface area contributed by atoms with E-state index in [-0.39, 0.29) is 30.4 Å². The molecule has 3 rings (SSSR count). The van der Waals surface area contributed by atoms with Gasteiger partial charge in [-0.05, 0) is 25.5 Å². The second-order valence-electron chi connectivity index (χ2n) is 5.99. The predicted octanol–water partition coefficient (Wildman–Crippen LogP) is 0.749. The van der Waals surface area contributed by atoms with Gasteiger partial charge in [-0.25, -0.2) is 4.98 Å². The number of amides is 2. The standard InChI is InChI=1S/C17H21N5O2/c1-11-9-19-16(20-11)14-7-13(10-22(14)15(23)8-18)21-17(24)12-5-3-2-4-6-12/h2-6,9,13-14H,7-8,10,18H2,1H3,(H,19,20)(H,21,24). The van der Waals surface area contributed by atoms with E-state index in [1.54, 1.807) is 23.2 Å². The lowest BCUT2D eigenvalue weighted by molar-refractivity contribution is -0.130. The highest BCUT2D eigenvalue weighted by Gasteiger charge is 2.37. The predicted molar refractivity (Wildman–Crippen MR) is 89.1 cm³/mol. The summed E-state index contributed by atoms with van der Waals surface area (Å²) in [5.74, 6) is 0.438. The van der Waals surface area contributed by atoms with Crippen LogP contribution in [0.5, 0.6) is 0 Å². The Hall–Kier alpha value is -2.67. The third kappa shape index (κ3) is 3.30. The van der Waals surface area contributed by atoms with Crippen molar-refractivity contribution in [1.29, 1.82) is 0 Å². The van der Waals surface area contributed by atoms with E-state index in [2.05, 4.69) is 15.3 Å². The zero-order valence-electron chi connectivity index (χ0n) is 13.5. The summed E-state index contributed by atoms with van der Waals surface area (Å²) in [5, 5.41) is 3.00. The van der Waals surface area contributed by atoms with Crippen LogP contribution in [-0.2, 0) is 4.79 Å². The molecule has 2 heterocycles. The van der Waals surface area contributed by atoms with Crippen LogP contribution in [0.2, 0.25) is 0 Å². The number of aromatic amines is 1. The van der Waals surface area contributed by atoms with E-state index < -0.39 is 0 Å². The van der Waals surface area contributed by atoms with Gasteiger partial charge in [0.25, 0.3) is 5.91 Å². The van der Waals surface area contributed by atoms with Crippen molar-refractivity contribution < 1.29 is 9.59 Å². The minimum atomic E-state index is -0.198. The number of hydrogen-bond donors (Lipinski definition) is 3. The lowest BCUT2D eigenvalue weighted by Crippen LogP contribution is -2.40. The van der Waals surface area contributed by atoms with E-state index in [9.17, 15) is 9.59 Å². The molecule has 0 radical (unpaired) electrons. The van der Waals surface area contributed by atoms with Crippen molar-refractivity contribution >= 4 is 11.8 Å². The number of nitrogens with zero attached hydrogens (tertiary/aromatic N) is 2. The summed E-state index contributed by atoms with van der Waals surface area (Å²) < 4.78 is 0. The second kappa shape index (κ2) is 6.84. The summed E-state index contributed by atoms with van der Waals surface area (Å²) in [7, 11) is 0. The van der Waals surface area contributed by atoms with E-state index in [0.717, 1.165) is 11.5 Å². The second-order valence-corrected chi connectivity index (χ2v) is 5.99. The van der Waals surface area contributed by atoms with Gasteiger partial charge in [-0.1, -0.05) is 18.2 Å². The monoisotopic (exact) mass is 327 g/mol. The topological polar surface area (TPSA) is 104 Å². The lowest BCUT2D eigenvalue weighted by atomic mass is 10.1. The summed E-state index contributed by atoms with van der Waals surface area (Å²) >= 11 is 0. The average molecular weight is 327 g/mol. The van der Waals surface area contributed by atoms with Crippen molar-refractivity contribution in [2.75, 3.05) is 13.1 Å². The fourth-order valence-electron chi connectivity index (χ4n) is 3.05. The molecule has 7 nitrogen and oxygen atoms in total. The number of hydrogen-bond acceptors (Lipinski definition) is 4. The van der Waals surface area contributed by atoms with Crippen LogP contribution in [0.4, 0.5) is 0 Å². The maximum atomic E-state index is 12.3. The number of benzene rings is 1. The van der Waals surface area contributed by atoms with Gasteiger partial charge >= 0.3 is 0 Å². The van der Waals surface area contributed by atoms with Crippen LogP contribution in [0.15, 0.2) is 36.5 Å². The third-order valence-electron chi connectivity index (χ3n) is 4.21. The Labute approximate surface area is 140 Å². The fourth-order valence-corrected chi connectivity index (χ4v) is 3.05. The van der Waals surface area contributed by atoms with Crippen LogP contribution in [0.3, 0.4) is 0 Å². The van der Waals surface area contributed by atoms with Crippen LogP contribution in [0.1, 0.15) is 34.3 Å². The minimum Gasteiger partial charge on any atom is -0.347 e. The van der Waals surface area contributed by atoms with E-state index in [4.69, 9.17) is 5.73 Å². The largest absolute Gasteiger partial charge is 0.347 e. The van der Waals surface area contributed by atoms with Crippen molar-refractivity contribution in [1.82, 2.24) is 20.2 Å². The molecule has 126 valence electrons. The number of likely N-dealkylation sites (tertiary alicyclic amines) is 1. The van der Waals surface area contributed by atoms with Crippen LogP contribution in [-0.4, -0.2) is 45.8 Å². The molecule has 2 unspecified atom stereocenters. The minimum absolute atomic E-state index is 0.0600. The summed E-state index contributed by atoms with van der Waals surface area (Å²) in [5.41, 5.74) is 7.06. The van der Waals surface area contributed by atoms with Crippen LogP contribution in [0, 0.1) is 6.92 Å². The molecule has 0 spiro atoms. The number of imidazole rings is 1. The average Bonchev–Trinajstić information content (AvgIpc) is 3.21. The van der Waals surface area contributed by atoms with Gasteiger partial charge in [0.1, 0.15) is 5.82 Å². The summed E-state index contributed by atoms with van der Waals surface area (Å²) in [6, 6.07) is 8.70. The number of rotatable bonds is 4. The van der Waals surface area contributed by atoms with E-state index >= 15 is 0 Å². The smallest absolute Gasteiger partial charge is 0.251 e. The number of carbonyl (C=O) groups excluding carboxylic acids is 2. The first-order valence-electron chi connectivity index (χ1n) is 7.95. The lowest BCUT2D eigenvalue weighted by Gasteiger charge is -2.22.